The predicted octanol–water partition coefficient (Wildman–Crippen LogP) is 4.37. The second-order valence-corrected chi connectivity index (χ2v) is 7.04. The summed E-state index contributed by atoms with van der Waals surface area (Å²) in [4.78, 5) is 6.12. The molecule has 1 aliphatic rings. The molecular weight excluding hydrogens is 283 g/mol. The fourth-order valence-corrected chi connectivity index (χ4v) is 4.05. The maximum Gasteiger partial charge on any atom is 0.133 e. The van der Waals surface area contributed by atoms with Gasteiger partial charge in [-0.15, -0.1) is 11.3 Å². The van der Waals surface area contributed by atoms with Gasteiger partial charge in [0.05, 0.1) is 5.69 Å². The third kappa shape index (κ3) is 3.16. The van der Waals surface area contributed by atoms with Crippen molar-refractivity contribution in [1.29, 1.82) is 0 Å². The molecule has 112 valence electrons. The molecule has 2 aromatic rings. The molecule has 1 aliphatic carbocycles. The van der Waals surface area contributed by atoms with Gasteiger partial charge in [-0.25, -0.2) is 9.37 Å². The smallest absolute Gasteiger partial charge is 0.133 e. The standard InChI is InChI=1S/C17H21FN2S/c1-11(2)19-10-12-6-5-9-15-16(12)20-17(21-15)13-7-3-4-8-14(13)18/h3-4,7-8,11-12,19H,5-6,9-10H2,1-2H3. The Hall–Kier alpha value is -1.26. The van der Waals surface area contributed by atoms with Crippen molar-refractivity contribution < 1.29 is 4.39 Å². The molecule has 1 heterocycles. The van der Waals surface area contributed by atoms with Crippen LogP contribution in [0.3, 0.4) is 0 Å². The maximum absolute atomic E-state index is 13.9. The van der Waals surface area contributed by atoms with Gasteiger partial charge in [0.25, 0.3) is 0 Å². The topological polar surface area (TPSA) is 24.9 Å². The lowest BCUT2D eigenvalue weighted by Crippen LogP contribution is -2.29. The molecule has 0 amide bonds. The first-order valence-electron chi connectivity index (χ1n) is 7.63. The summed E-state index contributed by atoms with van der Waals surface area (Å²) in [6.07, 6.45) is 3.46. The number of hydrogen-bond donors (Lipinski definition) is 1. The molecule has 21 heavy (non-hydrogen) atoms. The van der Waals surface area contributed by atoms with E-state index in [9.17, 15) is 4.39 Å². The maximum atomic E-state index is 13.9. The van der Waals surface area contributed by atoms with Crippen molar-refractivity contribution in [2.75, 3.05) is 6.54 Å². The minimum atomic E-state index is -0.180. The van der Waals surface area contributed by atoms with Crippen LogP contribution < -0.4 is 5.32 Å². The number of aryl methyl sites for hydroxylation is 1. The van der Waals surface area contributed by atoms with Gasteiger partial charge in [-0.2, -0.15) is 0 Å². The first-order chi connectivity index (χ1) is 10.1. The molecule has 4 heteroatoms. The Bertz CT molecular complexity index is 621. The van der Waals surface area contributed by atoms with Crippen LogP contribution in [-0.4, -0.2) is 17.6 Å². The van der Waals surface area contributed by atoms with Gasteiger partial charge in [-0.3, -0.25) is 0 Å². The second kappa shape index (κ2) is 6.24. The summed E-state index contributed by atoms with van der Waals surface area (Å²) in [5.41, 5.74) is 1.82. The van der Waals surface area contributed by atoms with E-state index in [4.69, 9.17) is 4.98 Å². The van der Waals surface area contributed by atoms with Gasteiger partial charge in [-0.05, 0) is 31.4 Å². The summed E-state index contributed by atoms with van der Waals surface area (Å²) in [5.74, 6) is 0.286. The number of nitrogens with one attached hydrogen (secondary N) is 1. The van der Waals surface area contributed by atoms with Crippen LogP contribution >= 0.6 is 11.3 Å². The van der Waals surface area contributed by atoms with Crippen LogP contribution in [0.2, 0.25) is 0 Å². The van der Waals surface area contributed by atoms with Gasteiger partial charge in [0, 0.05) is 28.9 Å². The van der Waals surface area contributed by atoms with E-state index in [0.717, 1.165) is 18.0 Å². The van der Waals surface area contributed by atoms with E-state index in [-0.39, 0.29) is 5.82 Å². The summed E-state index contributed by atoms with van der Waals surface area (Å²) >= 11 is 1.66. The number of nitrogens with zero attached hydrogens (tertiary/aromatic N) is 1. The Kier molecular flexibility index (Phi) is 4.36. The third-order valence-corrected chi connectivity index (χ3v) is 5.11. The van der Waals surface area contributed by atoms with Crippen LogP contribution in [0, 0.1) is 5.82 Å². The minimum Gasteiger partial charge on any atom is -0.314 e. The highest BCUT2D eigenvalue weighted by Crippen LogP contribution is 2.38. The Labute approximate surface area is 129 Å². The molecule has 2 nitrogen and oxygen atoms in total. The Morgan fingerprint density at radius 1 is 1.38 bits per heavy atom. The van der Waals surface area contributed by atoms with Crippen molar-refractivity contribution in [1.82, 2.24) is 10.3 Å². The van der Waals surface area contributed by atoms with Crippen LogP contribution in [0.5, 0.6) is 0 Å². The summed E-state index contributed by atoms with van der Waals surface area (Å²) in [7, 11) is 0. The van der Waals surface area contributed by atoms with Gasteiger partial charge < -0.3 is 5.32 Å². The molecule has 0 fully saturated rings. The van der Waals surface area contributed by atoms with Crippen LogP contribution in [0.1, 0.15) is 43.2 Å². The van der Waals surface area contributed by atoms with Crippen LogP contribution in [-0.2, 0) is 6.42 Å². The first-order valence-corrected chi connectivity index (χ1v) is 8.44. The molecule has 1 N–H and O–H groups in total. The summed E-state index contributed by atoms with van der Waals surface area (Å²) in [6, 6.07) is 7.41. The monoisotopic (exact) mass is 304 g/mol. The average molecular weight is 304 g/mol. The van der Waals surface area contributed by atoms with Gasteiger partial charge in [0.2, 0.25) is 0 Å². The van der Waals surface area contributed by atoms with E-state index >= 15 is 0 Å². The Morgan fingerprint density at radius 2 is 2.19 bits per heavy atom. The number of halogens is 1. The highest BCUT2D eigenvalue weighted by atomic mass is 32.1. The molecule has 0 spiro atoms. The SMILES string of the molecule is CC(C)NCC1CCCc2sc(-c3ccccc3F)nc21. The van der Waals surface area contributed by atoms with Crippen LogP contribution in [0.25, 0.3) is 10.6 Å². The number of rotatable bonds is 4. The van der Waals surface area contributed by atoms with Crippen LogP contribution in [0.4, 0.5) is 4.39 Å². The number of benzene rings is 1. The summed E-state index contributed by atoms with van der Waals surface area (Å²) in [5, 5.41) is 4.34. The molecular formula is C17H21FN2S. The second-order valence-electron chi connectivity index (χ2n) is 5.96. The zero-order valence-corrected chi connectivity index (χ0v) is 13.3. The molecule has 1 aromatic heterocycles. The lowest BCUT2D eigenvalue weighted by Gasteiger charge is -2.22. The van der Waals surface area contributed by atoms with Gasteiger partial charge in [0.15, 0.2) is 0 Å². The summed E-state index contributed by atoms with van der Waals surface area (Å²) < 4.78 is 13.9. The van der Waals surface area contributed by atoms with E-state index in [2.05, 4.69) is 19.2 Å². The molecule has 1 atom stereocenters. The van der Waals surface area contributed by atoms with Crippen molar-refractivity contribution >= 4 is 11.3 Å². The molecule has 1 aromatic carbocycles. The third-order valence-electron chi connectivity index (χ3n) is 3.95. The minimum absolute atomic E-state index is 0.180. The lowest BCUT2D eigenvalue weighted by molar-refractivity contribution is 0.475. The molecule has 1 unspecified atom stereocenters. The molecule has 0 bridgehead atoms. The van der Waals surface area contributed by atoms with E-state index in [1.54, 1.807) is 17.4 Å². The van der Waals surface area contributed by atoms with E-state index in [1.165, 1.54) is 29.5 Å². The Morgan fingerprint density at radius 3 is 2.95 bits per heavy atom. The van der Waals surface area contributed by atoms with Crippen molar-refractivity contribution in [2.45, 2.75) is 45.1 Å². The van der Waals surface area contributed by atoms with E-state index in [0.29, 0.717) is 17.5 Å². The number of thiazole rings is 1. The molecule has 0 aliphatic heterocycles. The largest absolute Gasteiger partial charge is 0.314 e. The fraction of sp³-hybridized carbons (Fsp3) is 0.471. The van der Waals surface area contributed by atoms with Crippen molar-refractivity contribution in [3.05, 3.63) is 40.7 Å². The number of aromatic nitrogens is 1. The number of fused-ring (bicyclic) bond motifs is 1. The molecule has 3 rings (SSSR count). The zero-order chi connectivity index (χ0) is 14.8. The van der Waals surface area contributed by atoms with Crippen LogP contribution in [0.15, 0.2) is 24.3 Å². The fourth-order valence-electron chi connectivity index (χ4n) is 2.83. The van der Waals surface area contributed by atoms with Gasteiger partial charge in [-0.1, -0.05) is 26.0 Å². The first kappa shape index (κ1) is 14.7. The van der Waals surface area contributed by atoms with E-state index in [1.807, 2.05) is 12.1 Å². The quantitative estimate of drug-likeness (QED) is 0.907. The molecule has 0 saturated carbocycles. The van der Waals surface area contributed by atoms with Crippen molar-refractivity contribution in [2.24, 2.45) is 0 Å². The lowest BCUT2D eigenvalue weighted by atomic mass is 9.91. The Balaban J connectivity index is 1.89. The van der Waals surface area contributed by atoms with Gasteiger partial charge in [0.1, 0.15) is 10.8 Å². The molecule has 0 radical (unpaired) electrons. The van der Waals surface area contributed by atoms with Gasteiger partial charge >= 0.3 is 0 Å². The van der Waals surface area contributed by atoms with E-state index < -0.39 is 0 Å². The summed E-state index contributed by atoms with van der Waals surface area (Å²) in [6.45, 7) is 5.29. The molecule has 0 saturated heterocycles. The normalized spacial score (nSPS) is 18.0. The number of hydrogen-bond acceptors (Lipinski definition) is 3. The van der Waals surface area contributed by atoms with Crippen molar-refractivity contribution in [3.8, 4) is 10.6 Å². The zero-order valence-electron chi connectivity index (χ0n) is 12.5. The van der Waals surface area contributed by atoms with Crippen molar-refractivity contribution in [3.63, 3.8) is 0 Å². The highest BCUT2D eigenvalue weighted by molar-refractivity contribution is 7.15. The predicted molar refractivity (Wildman–Crippen MR) is 86.3 cm³/mol. The highest BCUT2D eigenvalue weighted by Gasteiger charge is 2.25. The average Bonchev–Trinajstić information content (AvgIpc) is 2.89.